The van der Waals surface area contributed by atoms with Gasteiger partial charge in [0.2, 0.25) is 5.91 Å². The Labute approximate surface area is 159 Å². The van der Waals surface area contributed by atoms with Gasteiger partial charge in [0.25, 0.3) is 0 Å². The standard InChI is InChI=1S/C19H30N2O6/c1-14(23)21-12-16(24)10-18(19(25)13-21)20-11-15-2-4-17(5-3-15)27-9-8-26-7-6-22/h2-5,16,18-20,22,24-25H,6-13H2,1H3/t16-,18-,19-/m1/s1. The molecule has 8 nitrogen and oxygen atoms in total. The average molecular weight is 382 g/mol. The lowest BCUT2D eigenvalue weighted by Crippen LogP contribution is -2.44. The third kappa shape index (κ3) is 7.43. The van der Waals surface area contributed by atoms with Gasteiger partial charge in [0.15, 0.2) is 0 Å². The summed E-state index contributed by atoms with van der Waals surface area (Å²) in [5.74, 6) is 0.583. The van der Waals surface area contributed by atoms with E-state index in [1.807, 2.05) is 24.3 Å². The number of aliphatic hydroxyl groups excluding tert-OH is 3. The molecule has 1 fully saturated rings. The van der Waals surface area contributed by atoms with Crippen molar-refractivity contribution in [3.63, 3.8) is 0 Å². The number of hydrogen-bond donors (Lipinski definition) is 4. The molecule has 0 spiro atoms. The van der Waals surface area contributed by atoms with Crippen LogP contribution in [0.3, 0.4) is 0 Å². The Bertz CT molecular complexity index is 568. The Kier molecular flexibility index (Phi) is 8.96. The number of hydrogen-bond acceptors (Lipinski definition) is 7. The molecule has 3 atom stereocenters. The quantitative estimate of drug-likeness (QED) is 0.426. The Balaban J connectivity index is 1.79. The molecule has 2 rings (SSSR count). The summed E-state index contributed by atoms with van der Waals surface area (Å²) >= 11 is 0. The van der Waals surface area contributed by atoms with E-state index in [1.54, 1.807) is 0 Å². The highest BCUT2D eigenvalue weighted by molar-refractivity contribution is 5.73. The topological polar surface area (TPSA) is 111 Å². The van der Waals surface area contributed by atoms with E-state index in [4.69, 9.17) is 14.6 Å². The van der Waals surface area contributed by atoms with Crippen LogP contribution in [-0.4, -0.2) is 83.9 Å². The summed E-state index contributed by atoms with van der Waals surface area (Å²) in [6.07, 6.45) is -1.00. The Morgan fingerprint density at radius 3 is 2.59 bits per heavy atom. The van der Waals surface area contributed by atoms with Crippen molar-refractivity contribution in [2.24, 2.45) is 0 Å². The first kappa shape index (κ1) is 21.6. The third-order valence-electron chi connectivity index (χ3n) is 4.50. The minimum Gasteiger partial charge on any atom is -0.491 e. The van der Waals surface area contributed by atoms with Gasteiger partial charge in [-0.3, -0.25) is 4.79 Å². The molecule has 1 heterocycles. The maximum atomic E-state index is 11.5. The van der Waals surface area contributed by atoms with Crippen molar-refractivity contribution >= 4 is 5.91 Å². The lowest BCUT2D eigenvalue weighted by molar-refractivity contribution is -0.131. The number of likely N-dealkylation sites (tertiary alicyclic amines) is 1. The predicted molar refractivity (Wildman–Crippen MR) is 99.4 cm³/mol. The van der Waals surface area contributed by atoms with Crippen molar-refractivity contribution in [3.05, 3.63) is 29.8 Å². The monoisotopic (exact) mass is 382 g/mol. The number of β-amino-alcohol motifs (C(OH)–C–C–N with tert-alkyl or cyclic N) is 2. The van der Waals surface area contributed by atoms with Crippen molar-refractivity contribution in [3.8, 4) is 5.75 Å². The van der Waals surface area contributed by atoms with E-state index in [0.29, 0.717) is 32.8 Å². The highest BCUT2D eigenvalue weighted by Crippen LogP contribution is 2.15. The zero-order chi connectivity index (χ0) is 19.6. The van der Waals surface area contributed by atoms with Crippen molar-refractivity contribution in [2.45, 2.75) is 38.1 Å². The van der Waals surface area contributed by atoms with Gasteiger partial charge >= 0.3 is 0 Å². The van der Waals surface area contributed by atoms with Gasteiger partial charge in [-0.15, -0.1) is 0 Å². The fourth-order valence-corrected chi connectivity index (χ4v) is 3.02. The van der Waals surface area contributed by atoms with Crippen LogP contribution < -0.4 is 10.1 Å². The molecule has 1 aliphatic heterocycles. The van der Waals surface area contributed by atoms with Crippen LogP contribution >= 0.6 is 0 Å². The average Bonchev–Trinajstić information content (AvgIpc) is 2.79. The number of nitrogens with one attached hydrogen (secondary N) is 1. The maximum Gasteiger partial charge on any atom is 0.219 e. The number of benzene rings is 1. The number of amides is 1. The predicted octanol–water partition coefficient (Wildman–Crippen LogP) is -0.493. The Morgan fingerprint density at radius 1 is 1.19 bits per heavy atom. The summed E-state index contributed by atoms with van der Waals surface area (Å²) in [5.41, 5.74) is 1.02. The molecular weight excluding hydrogens is 352 g/mol. The smallest absolute Gasteiger partial charge is 0.219 e. The first-order valence-corrected chi connectivity index (χ1v) is 9.25. The van der Waals surface area contributed by atoms with Gasteiger partial charge in [-0.1, -0.05) is 12.1 Å². The van der Waals surface area contributed by atoms with Crippen molar-refractivity contribution in [1.82, 2.24) is 10.2 Å². The van der Waals surface area contributed by atoms with Crippen LogP contribution in [0.5, 0.6) is 5.75 Å². The van der Waals surface area contributed by atoms with Crippen LogP contribution in [0.15, 0.2) is 24.3 Å². The van der Waals surface area contributed by atoms with E-state index in [0.717, 1.165) is 11.3 Å². The van der Waals surface area contributed by atoms with Crippen LogP contribution in [0.25, 0.3) is 0 Å². The first-order chi connectivity index (χ1) is 13.0. The normalized spacial score (nSPS) is 23.1. The van der Waals surface area contributed by atoms with Gasteiger partial charge in [-0.25, -0.2) is 0 Å². The van der Waals surface area contributed by atoms with E-state index in [9.17, 15) is 15.0 Å². The molecule has 4 N–H and O–H groups in total. The molecule has 1 saturated heterocycles. The van der Waals surface area contributed by atoms with Crippen molar-refractivity contribution in [1.29, 1.82) is 0 Å². The Hall–Kier alpha value is -1.71. The summed E-state index contributed by atoms with van der Waals surface area (Å²) < 4.78 is 10.7. The molecule has 0 saturated carbocycles. The number of aliphatic hydroxyl groups is 3. The van der Waals surface area contributed by atoms with Gasteiger partial charge in [0.1, 0.15) is 12.4 Å². The number of ether oxygens (including phenoxy) is 2. The lowest BCUT2D eigenvalue weighted by Gasteiger charge is -2.24. The van der Waals surface area contributed by atoms with Gasteiger partial charge in [0, 0.05) is 32.6 Å². The van der Waals surface area contributed by atoms with Gasteiger partial charge < -0.3 is 35.0 Å². The fraction of sp³-hybridized carbons (Fsp3) is 0.632. The minimum atomic E-state index is -0.729. The summed E-state index contributed by atoms with van der Waals surface area (Å²) in [6.45, 7) is 3.58. The zero-order valence-electron chi connectivity index (χ0n) is 15.7. The third-order valence-corrected chi connectivity index (χ3v) is 4.50. The van der Waals surface area contributed by atoms with Crippen molar-refractivity contribution < 1.29 is 29.6 Å². The van der Waals surface area contributed by atoms with Crippen molar-refractivity contribution in [2.75, 3.05) is 39.5 Å². The summed E-state index contributed by atoms with van der Waals surface area (Å²) in [6, 6.07) is 7.29. The van der Waals surface area contributed by atoms with E-state index in [1.165, 1.54) is 11.8 Å². The molecule has 1 aromatic rings. The number of nitrogens with zero attached hydrogens (tertiary/aromatic N) is 1. The summed E-state index contributed by atoms with van der Waals surface area (Å²) in [4.78, 5) is 13.0. The second-order valence-corrected chi connectivity index (χ2v) is 6.70. The highest BCUT2D eigenvalue weighted by atomic mass is 16.5. The fourth-order valence-electron chi connectivity index (χ4n) is 3.02. The molecule has 0 radical (unpaired) electrons. The molecule has 27 heavy (non-hydrogen) atoms. The van der Waals surface area contributed by atoms with Crippen LogP contribution in [0.1, 0.15) is 18.9 Å². The maximum absolute atomic E-state index is 11.5. The second-order valence-electron chi connectivity index (χ2n) is 6.70. The first-order valence-electron chi connectivity index (χ1n) is 9.25. The largest absolute Gasteiger partial charge is 0.491 e. The number of carbonyl (C=O) groups is 1. The molecule has 0 aliphatic carbocycles. The lowest BCUT2D eigenvalue weighted by atomic mass is 10.0. The number of rotatable bonds is 9. The SMILES string of the molecule is CC(=O)N1C[C@H](O)C[C@@H](NCc2ccc(OCCOCCO)cc2)[C@H](O)C1. The van der Waals surface area contributed by atoms with Gasteiger partial charge in [-0.05, 0) is 24.1 Å². The van der Waals surface area contributed by atoms with Crippen LogP contribution in [-0.2, 0) is 16.1 Å². The van der Waals surface area contributed by atoms with E-state index < -0.39 is 12.2 Å². The molecule has 1 aromatic carbocycles. The molecule has 0 unspecified atom stereocenters. The molecule has 0 bridgehead atoms. The molecule has 0 aromatic heterocycles. The Morgan fingerprint density at radius 2 is 1.93 bits per heavy atom. The second kappa shape index (κ2) is 11.2. The van der Waals surface area contributed by atoms with Crippen LogP contribution in [0.2, 0.25) is 0 Å². The van der Waals surface area contributed by atoms with Crippen LogP contribution in [0, 0.1) is 0 Å². The van der Waals surface area contributed by atoms with Gasteiger partial charge in [0.05, 0.1) is 32.0 Å². The molecular formula is C19H30N2O6. The molecule has 8 heteroatoms. The number of carbonyl (C=O) groups excluding carboxylic acids is 1. The van der Waals surface area contributed by atoms with Gasteiger partial charge in [-0.2, -0.15) is 0 Å². The van der Waals surface area contributed by atoms with E-state index in [2.05, 4.69) is 5.32 Å². The van der Waals surface area contributed by atoms with Crippen LogP contribution in [0.4, 0.5) is 0 Å². The zero-order valence-corrected chi connectivity index (χ0v) is 15.7. The summed E-state index contributed by atoms with van der Waals surface area (Å²) in [5, 5.41) is 32.3. The molecule has 1 amide bonds. The van der Waals surface area contributed by atoms with E-state index >= 15 is 0 Å². The minimum absolute atomic E-state index is 0.00119. The highest BCUT2D eigenvalue weighted by Gasteiger charge is 2.30. The molecule has 1 aliphatic rings. The van der Waals surface area contributed by atoms with E-state index in [-0.39, 0.29) is 31.6 Å². The summed E-state index contributed by atoms with van der Waals surface area (Å²) in [7, 11) is 0. The molecule has 152 valence electrons.